The van der Waals surface area contributed by atoms with Crippen molar-refractivity contribution >= 4 is 6.08 Å². The third kappa shape index (κ3) is 2.69. The Labute approximate surface area is 92.2 Å². The van der Waals surface area contributed by atoms with Gasteiger partial charge in [0.2, 0.25) is 0 Å². The normalized spacial score (nSPS) is 16.8. The Morgan fingerprint density at radius 1 is 1.27 bits per heavy atom. The van der Waals surface area contributed by atoms with Gasteiger partial charge in [-0.3, -0.25) is 0 Å². The van der Waals surface area contributed by atoms with E-state index in [2.05, 4.69) is 36.2 Å². The fourth-order valence-electron chi connectivity index (χ4n) is 2.28. The minimum Gasteiger partial charge on any atom is -0.310 e. The lowest BCUT2D eigenvalue weighted by atomic mass is 10.1. The van der Waals surface area contributed by atoms with Crippen LogP contribution in [0.5, 0.6) is 0 Å². The summed E-state index contributed by atoms with van der Waals surface area (Å²) >= 11 is 0. The minimum absolute atomic E-state index is 0.739. The Kier molecular flexibility index (Phi) is 3.57. The summed E-state index contributed by atoms with van der Waals surface area (Å²) in [6.07, 6.45) is 7.40. The molecule has 1 saturated carbocycles. The summed E-state index contributed by atoms with van der Waals surface area (Å²) in [6, 6.07) is 9.20. The summed E-state index contributed by atoms with van der Waals surface area (Å²) in [5.41, 5.74) is 2.61. The van der Waals surface area contributed by atoms with Crippen LogP contribution in [0.1, 0.15) is 36.8 Å². The van der Waals surface area contributed by atoms with Gasteiger partial charge in [-0.15, -0.1) is 0 Å². The van der Waals surface area contributed by atoms with Crippen molar-refractivity contribution in [2.45, 2.75) is 38.3 Å². The second-order valence-electron chi connectivity index (χ2n) is 4.27. The molecule has 0 aromatic heterocycles. The van der Waals surface area contributed by atoms with Gasteiger partial charge >= 0.3 is 0 Å². The SMILES string of the molecule is C=Cc1ccccc1CNC1CCCC1. The molecule has 1 heteroatoms. The fraction of sp³-hybridized carbons (Fsp3) is 0.429. The predicted octanol–water partition coefficient (Wildman–Crippen LogP) is 3.36. The zero-order valence-electron chi connectivity index (χ0n) is 9.21. The van der Waals surface area contributed by atoms with Gasteiger partial charge in [0, 0.05) is 12.6 Å². The summed E-state index contributed by atoms with van der Waals surface area (Å²) in [5.74, 6) is 0. The monoisotopic (exact) mass is 201 g/mol. The highest BCUT2D eigenvalue weighted by molar-refractivity contribution is 5.51. The first kappa shape index (κ1) is 10.4. The maximum Gasteiger partial charge on any atom is 0.0214 e. The second-order valence-corrected chi connectivity index (χ2v) is 4.27. The second kappa shape index (κ2) is 5.13. The van der Waals surface area contributed by atoms with Gasteiger partial charge in [0.25, 0.3) is 0 Å². The van der Waals surface area contributed by atoms with Crippen LogP contribution in [-0.4, -0.2) is 6.04 Å². The summed E-state index contributed by atoms with van der Waals surface area (Å²) < 4.78 is 0. The van der Waals surface area contributed by atoms with Crippen LogP contribution in [0.25, 0.3) is 6.08 Å². The first-order valence-corrected chi connectivity index (χ1v) is 5.84. The van der Waals surface area contributed by atoms with Gasteiger partial charge < -0.3 is 5.32 Å². The molecule has 0 heterocycles. The van der Waals surface area contributed by atoms with Crippen LogP contribution in [-0.2, 0) is 6.54 Å². The molecular formula is C14H19N. The average molecular weight is 201 g/mol. The topological polar surface area (TPSA) is 12.0 Å². The van der Waals surface area contributed by atoms with E-state index in [-0.39, 0.29) is 0 Å². The van der Waals surface area contributed by atoms with Crippen molar-refractivity contribution in [2.75, 3.05) is 0 Å². The average Bonchev–Trinajstić information content (AvgIpc) is 2.79. The van der Waals surface area contributed by atoms with E-state index >= 15 is 0 Å². The first-order chi connectivity index (χ1) is 7.40. The molecule has 15 heavy (non-hydrogen) atoms. The lowest BCUT2D eigenvalue weighted by Gasteiger charge is -2.13. The van der Waals surface area contributed by atoms with Crippen LogP contribution in [0.15, 0.2) is 30.8 Å². The van der Waals surface area contributed by atoms with E-state index in [1.807, 2.05) is 6.08 Å². The van der Waals surface area contributed by atoms with Crippen LogP contribution in [0.4, 0.5) is 0 Å². The largest absolute Gasteiger partial charge is 0.310 e. The third-order valence-electron chi connectivity index (χ3n) is 3.21. The van der Waals surface area contributed by atoms with Crippen molar-refractivity contribution in [3.05, 3.63) is 42.0 Å². The van der Waals surface area contributed by atoms with Crippen LogP contribution in [0.2, 0.25) is 0 Å². The molecule has 0 saturated heterocycles. The van der Waals surface area contributed by atoms with E-state index in [9.17, 15) is 0 Å². The Morgan fingerprint density at radius 2 is 2.00 bits per heavy atom. The van der Waals surface area contributed by atoms with Gasteiger partial charge in [-0.25, -0.2) is 0 Å². The maximum absolute atomic E-state index is 3.84. The van der Waals surface area contributed by atoms with Gasteiger partial charge in [0.1, 0.15) is 0 Å². The smallest absolute Gasteiger partial charge is 0.0214 e. The number of nitrogens with one attached hydrogen (secondary N) is 1. The highest BCUT2D eigenvalue weighted by Gasteiger charge is 2.13. The maximum atomic E-state index is 3.84. The van der Waals surface area contributed by atoms with Crippen molar-refractivity contribution in [1.29, 1.82) is 0 Å². The highest BCUT2D eigenvalue weighted by atomic mass is 14.9. The zero-order chi connectivity index (χ0) is 10.5. The fourth-order valence-corrected chi connectivity index (χ4v) is 2.28. The summed E-state index contributed by atoms with van der Waals surface area (Å²) in [5, 5.41) is 3.62. The Balaban J connectivity index is 1.94. The molecule has 0 unspecified atom stereocenters. The highest BCUT2D eigenvalue weighted by Crippen LogP contribution is 2.18. The molecule has 1 aliphatic carbocycles. The van der Waals surface area contributed by atoms with Crippen molar-refractivity contribution in [3.8, 4) is 0 Å². The van der Waals surface area contributed by atoms with Crippen molar-refractivity contribution in [3.63, 3.8) is 0 Å². The molecule has 2 rings (SSSR count). The molecule has 1 N–H and O–H groups in total. The van der Waals surface area contributed by atoms with Crippen molar-refractivity contribution < 1.29 is 0 Å². The lowest BCUT2D eigenvalue weighted by molar-refractivity contribution is 0.524. The number of hydrogen-bond acceptors (Lipinski definition) is 1. The molecule has 80 valence electrons. The van der Waals surface area contributed by atoms with E-state index in [4.69, 9.17) is 0 Å². The molecule has 0 atom stereocenters. The Morgan fingerprint density at radius 3 is 2.73 bits per heavy atom. The molecular weight excluding hydrogens is 182 g/mol. The van der Waals surface area contributed by atoms with Crippen molar-refractivity contribution in [2.24, 2.45) is 0 Å². The van der Waals surface area contributed by atoms with Crippen LogP contribution in [0.3, 0.4) is 0 Å². The quantitative estimate of drug-likeness (QED) is 0.787. The molecule has 1 aromatic carbocycles. The Hall–Kier alpha value is -1.08. The molecule has 0 radical (unpaired) electrons. The van der Waals surface area contributed by atoms with E-state index < -0.39 is 0 Å². The van der Waals surface area contributed by atoms with Crippen LogP contribution >= 0.6 is 0 Å². The third-order valence-corrected chi connectivity index (χ3v) is 3.21. The standard InChI is InChI=1S/C14H19N/c1-2-12-7-3-4-8-13(12)11-15-14-9-5-6-10-14/h2-4,7-8,14-15H,1,5-6,9-11H2. The van der Waals surface area contributed by atoms with E-state index in [1.165, 1.54) is 36.8 Å². The van der Waals surface area contributed by atoms with Crippen LogP contribution in [0, 0.1) is 0 Å². The van der Waals surface area contributed by atoms with Crippen LogP contribution < -0.4 is 5.32 Å². The predicted molar refractivity (Wildman–Crippen MR) is 65.6 cm³/mol. The van der Waals surface area contributed by atoms with Gasteiger partial charge in [-0.05, 0) is 24.0 Å². The summed E-state index contributed by atoms with van der Waals surface area (Å²) in [6.45, 7) is 4.82. The molecule has 1 nitrogen and oxygen atoms in total. The summed E-state index contributed by atoms with van der Waals surface area (Å²) in [4.78, 5) is 0. The Bertz CT molecular complexity index is 324. The number of benzene rings is 1. The van der Waals surface area contributed by atoms with Gasteiger partial charge in [0.15, 0.2) is 0 Å². The van der Waals surface area contributed by atoms with Gasteiger partial charge in [0.05, 0.1) is 0 Å². The molecule has 1 aliphatic rings. The van der Waals surface area contributed by atoms with E-state index in [0.717, 1.165) is 12.6 Å². The van der Waals surface area contributed by atoms with Gasteiger partial charge in [-0.2, -0.15) is 0 Å². The summed E-state index contributed by atoms with van der Waals surface area (Å²) in [7, 11) is 0. The number of rotatable bonds is 4. The molecule has 0 spiro atoms. The molecule has 0 amide bonds. The first-order valence-electron chi connectivity index (χ1n) is 5.84. The van der Waals surface area contributed by atoms with E-state index in [0.29, 0.717) is 0 Å². The van der Waals surface area contributed by atoms with E-state index in [1.54, 1.807) is 0 Å². The lowest BCUT2D eigenvalue weighted by Crippen LogP contribution is -2.25. The van der Waals surface area contributed by atoms with Gasteiger partial charge in [-0.1, -0.05) is 49.8 Å². The molecule has 0 aliphatic heterocycles. The zero-order valence-corrected chi connectivity index (χ0v) is 9.21. The minimum atomic E-state index is 0.739. The van der Waals surface area contributed by atoms with Crippen molar-refractivity contribution in [1.82, 2.24) is 5.32 Å². The molecule has 0 bridgehead atoms. The molecule has 1 aromatic rings. The number of hydrogen-bond donors (Lipinski definition) is 1. The molecule has 1 fully saturated rings.